The van der Waals surface area contributed by atoms with Crippen LogP contribution in [-0.2, 0) is 9.53 Å². The average Bonchev–Trinajstić information content (AvgIpc) is 3.17. The number of carboxylic acids is 1. The quantitative estimate of drug-likeness (QED) is 0.337. The predicted octanol–water partition coefficient (Wildman–Crippen LogP) is 5.79. The number of fused-ring (bicyclic) bond motifs is 3. The first-order valence-electron chi connectivity index (χ1n) is 11.3. The molecule has 7 nitrogen and oxygen atoms in total. The molecule has 1 aliphatic rings. The first kappa shape index (κ1) is 24.5. The van der Waals surface area contributed by atoms with Crippen LogP contribution in [0, 0.1) is 0 Å². The van der Waals surface area contributed by atoms with E-state index in [0.29, 0.717) is 23.0 Å². The Morgan fingerprint density at radius 1 is 1.00 bits per heavy atom. The van der Waals surface area contributed by atoms with Crippen LogP contribution in [-0.4, -0.2) is 35.7 Å². The van der Waals surface area contributed by atoms with Crippen LogP contribution in [0.5, 0.6) is 0 Å². The number of carboxylic acid groups (broad SMARTS) is 1. The SMILES string of the molecule is CCC[C@H](NC(=O)c1ccc(Br)c(NC(=O)OCC2c3ccccc3-c3ccccc32)c1)C(=O)O. The molecule has 0 heterocycles. The molecule has 3 aromatic carbocycles. The Balaban J connectivity index is 1.43. The summed E-state index contributed by atoms with van der Waals surface area (Å²) in [6.45, 7) is 2.01. The molecule has 0 fully saturated rings. The molecule has 0 unspecified atom stereocenters. The Bertz CT molecular complexity index is 1230. The maximum atomic E-state index is 12.6. The van der Waals surface area contributed by atoms with E-state index in [-0.39, 0.29) is 18.1 Å². The van der Waals surface area contributed by atoms with E-state index in [4.69, 9.17) is 4.74 Å². The molecular formula is C27H25BrN2O5. The number of hydrogen-bond donors (Lipinski definition) is 3. The van der Waals surface area contributed by atoms with Gasteiger partial charge in [0.1, 0.15) is 12.6 Å². The largest absolute Gasteiger partial charge is 0.480 e. The van der Waals surface area contributed by atoms with Gasteiger partial charge in [-0.2, -0.15) is 0 Å². The fraction of sp³-hybridized carbons (Fsp3) is 0.222. The maximum absolute atomic E-state index is 12.6. The Hall–Kier alpha value is -3.65. The van der Waals surface area contributed by atoms with Gasteiger partial charge < -0.3 is 15.2 Å². The lowest BCUT2D eigenvalue weighted by Crippen LogP contribution is -2.40. The lowest BCUT2D eigenvalue weighted by Gasteiger charge is -2.16. The van der Waals surface area contributed by atoms with E-state index in [0.717, 1.165) is 22.3 Å². The first-order valence-corrected chi connectivity index (χ1v) is 12.1. The van der Waals surface area contributed by atoms with Crippen LogP contribution in [0.25, 0.3) is 11.1 Å². The highest BCUT2D eigenvalue weighted by molar-refractivity contribution is 9.10. The van der Waals surface area contributed by atoms with Crippen molar-refractivity contribution >= 4 is 39.6 Å². The van der Waals surface area contributed by atoms with Crippen molar-refractivity contribution in [1.29, 1.82) is 0 Å². The van der Waals surface area contributed by atoms with Crippen molar-refractivity contribution in [3.8, 4) is 11.1 Å². The summed E-state index contributed by atoms with van der Waals surface area (Å²) < 4.78 is 6.14. The third kappa shape index (κ3) is 5.38. The summed E-state index contributed by atoms with van der Waals surface area (Å²) in [5.74, 6) is -1.69. The van der Waals surface area contributed by atoms with Gasteiger partial charge in [0.15, 0.2) is 0 Å². The van der Waals surface area contributed by atoms with Gasteiger partial charge >= 0.3 is 12.1 Å². The minimum absolute atomic E-state index is 0.0692. The lowest BCUT2D eigenvalue weighted by atomic mass is 9.98. The van der Waals surface area contributed by atoms with Crippen LogP contribution < -0.4 is 10.6 Å². The molecule has 0 bridgehead atoms. The van der Waals surface area contributed by atoms with E-state index in [1.165, 1.54) is 6.07 Å². The number of hydrogen-bond acceptors (Lipinski definition) is 4. The third-order valence-corrected chi connectivity index (χ3v) is 6.68. The Labute approximate surface area is 211 Å². The van der Waals surface area contributed by atoms with Gasteiger partial charge in [0.05, 0.1) is 5.69 Å². The van der Waals surface area contributed by atoms with Crippen molar-refractivity contribution in [1.82, 2.24) is 5.32 Å². The van der Waals surface area contributed by atoms with Crippen molar-refractivity contribution in [2.45, 2.75) is 31.7 Å². The molecule has 0 aliphatic heterocycles. The minimum atomic E-state index is -1.09. The van der Waals surface area contributed by atoms with Crippen molar-refractivity contribution in [2.75, 3.05) is 11.9 Å². The van der Waals surface area contributed by atoms with Gasteiger partial charge in [-0.15, -0.1) is 0 Å². The zero-order chi connectivity index (χ0) is 24.9. The maximum Gasteiger partial charge on any atom is 0.411 e. The minimum Gasteiger partial charge on any atom is -0.480 e. The number of nitrogens with one attached hydrogen (secondary N) is 2. The summed E-state index contributed by atoms with van der Waals surface area (Å²) in [5, 5.41) is 14.5. The predicted molar refractivity (Wildman–Crippen MR) is 137 cm³/mol. The molecule has 3 aromatic rings. The molecule has 0 radical (unpaired) electrons. The van der Waals surface area contributed by atoms with E-state index in [9.17, 15) is 19.5 Å². The number of anilines is 1. The van der Waals surface area contributed by atoms with Crippen LogP contribution in [0.3, 0.4) is 0 Å². The second-order valence-corrected chi connectivity index (χ2v) is 9.15. The van der Waals surface area contributed by atoms with Gasteiger partial charge in [-0.05, 0) is 62.8 Å². The zero-order valence-corrected chi connectivity index (χ0v) is 20.7. The molecular weight excluding hydrogens is 512 g/mol. The molecule has 3 N–H and O–H groups in total. The van der Waals surface area contributed by atoms with E-state index < -0.39 is 24.0 Å². The monoisotopic (exact) mass is 536 g/mol. The number of carbonyl (C=O) groups is 3. The van der Waals surface area contributed by atoms with Crippen molar-refractivity contribution < 1.29 is 24.2 Å². The van der Waals surface area contributed by atoms with Crippen molar-refractivity contribution in [2.24, 2.45) is 0 Å². The zero-order valence-electron chi connectivity index (χ0n) is 19.1. The number of rotatable bonds is 8. The fourth-order valence-electron chi connectivity index (χ4n) is 4.29. The topological polar surface area (TPSA) is 105 Å². The highest BCUT2D eigenvalue weighted by Gasteiger charge is 2.29. The van der Waals surface area contributed by atoms with E-state index in [1.54, 1.807) is 12.1 Å². The van der Waals surface area contributed by atoms with Gasteiger partial charge in [0.25, 0.3) is 5.91 Å². The fourth-order valence-corrected chi connectivity index (χ4v) is 4.64. The van der Waals surface area contributed by atoms with Gasteiger partial charge in [0.2, 0.25) is 0 Å². The summed E-state index contributed by atoms with van der Waals surface area (Å²) in [7, 11) is 0. The van der Waals surface area contributed by atoms with Crippen molar-refractivity contribution in [3.05, 3.63) is 87.9 Å². The smallest absolute Gasteiger partial charge is 0.411 e. The third-order valence-electron chi connectivity index (χ3n) is 5.99. The second-order valence-electron chi connectivity index (χ2n) is 8.30. The summed E-state index contributed by atoms with van der Waals surface area (Å²) in [4.78, 5) is 36.6. The molecule has 180 valence electrons. The number of benzene rings is 3. The lowest BCUT2D eigenvalue weighted by molar-refractivity contribution is -0.139. The van der Waals surface area contributed by atoms with Crippen molar-refractivity contribution in [3.63, 3.8) is 0 Å². The molecule has 0 spiro atoms. The van der Waals surface area contributed by atoms with Crippen LogP contribution in [0.4, 0.5) is 10.5 Å². The number of halogens is 1. The summed E-state index contributed by atoms with van der Waals surface area (Å²) >= 11 is 3.37. The number of carbonyl (C=O) groups excluding carboxylic acids is 2. The van der Waals surface area contributed by atoms with Gasteiger partial charge in [-0.25, -0.2) is 9.59 Å². The van der Waals surface area contributed by atoms with Gasteiger partial charge in [0, 0.05) is 16.0 Å². The molecule has 4 rings (SSSR count). The molecule has 8 heteroatoms. The molecule has 1 atom stereocenters. The first-order chi connectivity index (χ1) is 16.9. The van der Waals surface area contributed by atoms with E-state index >= 15 is 0 Å². The van der Waals surface area contributed by atoms with Crippen LogP contribution in [0.15, 0.2) is 71.2 Å². The molecule has 35 heavy (non-hydrogen) atoms. The number of aliphatic carboxylic acids is 1. The Morgan fingerprint density at radius 2 is 1.63 bits per heavy atom. The number of amides is 2. The van der Waals surface area contributed by atoms with Gasteiger partial charge in [-0.1, -0.05) is 61.9 Å². The normalized spacial score (nSPS) is 12.9. The molecule has 0 saturated heterocycles. The van der Waals surface area contributed by atoms with Crippen LogP contribution in [0.2, 0.25) is 0 Å². The highest BCUT2D eigenvalue weighted by Crippen LogP contribution is 2.44. The van der Waals surface area contributed by atoms with E-state index in [1.807, 2.05) is 43.3 Å². The summed E-state index contributed by atoms with van der Waals surface area (Å²) in [6.07, 6.45) is 0.286. The Morgan fingerprint density at radius 3 is 2.23 bits per heavy atom. The number of ether oxygens (including phenoxy) is 1. The van der Waals surface area contributed by atoms with Crippen LogP contribution in [0.1, 0.15) is 47.2 Å². The summed E-state index contributed by atoms with van der Waals surface area (Å²) in [5.41, 5.74) is 5.08. The molecule has 0 saturated carbocycles. The van der Waals surface area contributed by atoms with Gasteiger partial charge in [-0.3, -0.25) is 10.1 Å². The average molecular weight is 537 g/mol. The van der Waals surface area contributed by atoms with Crippen LogP contribution >= 0.6 is 15.9 Å². The molecule has 0 aromatic heterocycles. The molecule has 1 aliphatic carbocycles. The Kier molecular flexibility index (Phi) is 7.51. The van der Waals surface area contributed by atoms with E-state index in [2.05, 4.69) is 38.7 Å². The second kappa shape index (κ2) is 10.7. The standard InChI is InChI=1S/C27H25BrN2O5/c1-2-7-23(26(32)33)29-25(31)16-12-13-22(28)24(14-16)30-27(34)35-15-21-19-10-5-3-8-17(19)18-9-4-6-11-20(18)21/h3-6,8-14,21,23H,2,7,15H2,1H3,(H,29,31)(H,30,34)(H,32,33)/t23-/m0/s1. The molecule has 2 amide bonds. The highest BCUT2D eigenvalue weighted by atomic mass is 79.9. The summed E-state index contributed by atoms with van der Waals surface area (Å²) in [6, 6.07) is 19.8.